The standard InChI is InChI=1S/C56H66N4O13/c1-29-13-11-14-30(2)55(67)58-46-50(65)42-41(45-53(46)72-40-16-12-15-39(44(40)57-45)69-28-37-19-17-36(18-20-37)27-60-24-22-59(9)23-25-60)43-52(34(6)49(42)64)73-56(8,54(43)66)70-26-21-38(68-10)31(3)51(71-35(7)61)33(5)48(63)32(4)47(29)62/h11-21,26,29,31-33,38,47-48,51,62-63,65H,22-25,27-28H2,1-10H3,(H,58,67)/b13-11+,26-21+,30-14-/t29-,31+,32+,33+,38-,47-,48+,51+,56-/m0/s1. The van der Waals surface area contributed by atoms with Crippen molar-refractivity contribution in [3.63, 3.8) is 0 Å². The summed E-state index contributed by atoms with van der Waals surface area (Å²) in [6.45, 7) is 17.7. The van der Waals surface area contributed by atoms with Crippen LogP contribution in [0, 0.1) is 30.6 Å². The SMILES string of the molecule is CO[C@H]1/C=C/O[C@@]2(C)Oc3c(C)c(=O)c4c(O)c(c5oc6cccc(OCc7ccc(CN8CCN(C)CC8)cc7)c6nc5c4c3C2=O)NC(=O)/C(C)=C\C=C\[C@H](C)[C@H](O)[C@@H](C)[C@@H](O)[C@@H](C)[C@H](OC(C)=O)[C@@H]1C. The molecular formula is C56H66N4O13. The molecule has 1 amide bonds. The van der Waals surface area contributed by atoms with Gasteiger partial charge in [-0.25, -0.2) is 4.98 Å². The zero-order valence-electron chi connectivity index (χ0n) is 43.1. The van der Waals surface area contributed by atoms with Gasteiger partial charge in [0.05, 0.1) is 35.5 Å². The molecule has 4 heterocycles. The number of esters is 1. The number of ether oxygens (including phenoxy) is 5. The fourth-order valence-electron chi connectivity index (χ4n) is 10.1. The van der Waals surface area contributed by atoms with E-state index in [1.807, 2.05) is 12.1 Å². The Kier molecular flexibility index (Phi) is 15.5. The van der Waals surface area contributed by atoms with Crippen molar-refractivity contribution < 1.29 is 57.8 Å². The second-order valence-corrected chi connectivity index (χ2v) is 20.0. The summed E-state index contributed by atoms with van der Waals surface area (Å²) < 4.78 is 37.0. The van der Waals surface area contributed by atoms with Gasteiger partial charge in [-0.3, -0.25) is 24.1 Å². The summed E-state index contributed by atoms with van der Waals surface area (Å²) in [7, 11) is 3.58. The number of nitrogens with zero attached hydrogens (tertiary/aromatic N) is 3. The lowest BCUT2D eigenvalue weighted by Crippen LogP contribution is -2.46. The molecule has 4 aromatic carbocycles. The van der Waals surface area contributed by atoms with Crippen molar-refractivity contribution in [1.29, 1.82) is 0 Å². The molecule has 1 aromatic heterocycles. The summed E-state index contributed by atoms with van der Waals surface area (Å²) in [5.41, 5.74) is 1.38. The summed E-state index contributed by atoms with van der Waals surface area (Å²) in [4.78, 5) is 65.9. The molecule has 1 fully saturated rings. The Morgan fingerprint density at radius 2 is 1.60 bits per heavy atom. The fourth-order valence-corrected chi connectivity index (χ4v) is 10.1. The van der Waals surface area contributed by atoms with Crippen molar-refractivity contribution in [3.05, 3.63) is 111 Å². The van der Waals surface area contributed by atoms with Crippen molar-refractivity contribution in [2.45, 2.75) is 98.7 Å². The summed E-state index contributed by atoms with van der Waals surface area (Å²) >= 11 is 0. The number of likely N-dealkylation sites (N-methyl/N-ethyl adjacent to an activating group) is 1. The van der Waals surface area contributed by atoms with E-state index in [-0.39, 0.29) is 67.7 Å². The Hall–Kier alpha value is -6.63. The number of nitrogens with one attached hydrogen (secondary N) is 1. The molecule has 0 unspecified atom stereocenters. The van der Waals surface area contributed by atoms with Crippen molar-refractivity contribution in [3.8, 4) is 17.2 Å². The zero-order chi connectivity index (χ0) is 52.6. The number of aliphatic hydroxyl groups is 2. The van der Waals surface area contributed by atoms with Crippen molar-refractivity contribution in [2.24, 2.45) is 23.7 Å². The van der Waals surface area contributed by atoms with Gasteiger partial charge in [0, 0.05) is 93.9 Å². The van der Waals surface area contributed by atoms with Crippen LogP contribution in [0.1, 0.15) is 75.5 Å². The van der Waals surface area contributed by atoms with E-state index in [9.17, 15) is 34.5 Å². The van der Waals surface area contributed by atoms with Crippen LogP contribution < -0.4 is 20.2 Å². The number of hydrogen-bond donors (Lipinski definition) is 4. The van der Waals surface area contributed by atoms with E-state index < -0.39 is 82.7 Å². The second kappa shape index (κ2) is 21.5. The average Bonchev–Trinajstić information content (AvgIpc) is 3.64. The molecule has 4 bridgehead atoms. The van der Waals surface area contributed by atoms with Crippen molar-refractivity contribution in [2.75, 3.05) is 45.7 Å². The van der Waals surface area contributed by atoms with Gasteiger partial charge in [-0.1, -0.05) is 76.3 Å². The first-order chi connectivity index (χ1) is 34.7. The summed E-state index contributed by atoms with van der Waals surface area (Å²) in [5, 5.41) is 37.7. The number of piperazine rings is 1. The number of phenolic OH excluding ortho intramolecular Hbond substituents is 1. The Morgan fingerprint density at radius 3 is 2.29 bits per heavy atom. The molecule has 73 heavy (non-hydrogen) atoms. The van der Waals surface area contributed by atoms with Gasteiger partial charge in [-0.2, -0.15) is 0 Å². The minimum absolute atomic E-state index is 0.0205. The van der Waals surface area contributed by atoms with E-state index in [1.165, 1.54) is 51.9 Å². The number of anilines is 1. The van der Waals surface area contributed by atoms with E-state index >= 15 is 0 Å². The number of aromatic nitrogens is 1. The van der Waals surface area contributed by atoms with Gasteiger partial charge >= 0.3 is 11.8 Å². The number of allylic oxidation sites excluding steroid dienone is 2. The first-order valence-electron chi connectivity index (χ1n) is 24.7. The fraction of sp³-hybridized carbons (Fsp3) is 0.446. The van der Waals surface area contributed by atoms with E-state index in [0.717, 1.165) is 38.3 Å². The highest BCUT2D eigenvalue weighted by Gasteiger charge is 2.50. The van der Waals surface area contributed by atoms with Gasteiger partial charge in [-0.15, -0.1) is 0 Å². The van der Waals surface area contributed by atoms with Gasteiger partial charge in [0.15, 0.2) is 22.3 Å². The van der Waals surface area contributed by atoms with Crippen LogP contribution in [0.25, 0.3) is 33.0 Å². The number of phenols is 1. The van der Waals surface area contributed by atoms with Gasteiger partial charge in [0.1, 0.15) is 40.9 Å². The first-order valence-corrected chi connectivity index (χ1v) is 24.7. The smallest absolute Gasteiger partial charge is 0.312 e. The average molecular weight is 1000 g/mol. The molecule has 388 valence electrons. The minimum Gasteiger partial charge on any atom is -0.505 e. The van der Waals surface area contributed by atoms with Crippen molar-refractivity contribution in [1.82, 2.24) is 14.8 Å². The summed E-state index contributed by atoms with van der Waals surface area (Å²) in [5.74, 6) is -7.05. The number of ketones is 1. The Labute approximate surface area is 424 Å². The molecule has 0 radical (unpaired) electrons. The highest BCUT2D eigenvalue weighted by atomic mass is 16.7. The number of methoxy groups -OCH3 is 1. The molecule has 9 atom stereocenters. The maximum Gasteiger partial charge on any atom is 0.312 e. The number of Topliss-reactive ketones (excluding diaryl/α,β-unsaturated/α-hetero) is 1. The molecule has 0 spiro atoms. The number of benzene rings is 4. The van der Waals surface area contributed by atoms with Crippen LogP contribution in [0.5, 0.6) is 17.2 Å². The quantitative estimate of drug-likeness (QED) is 0.0543. The lowest BCUT2D eigenvalue weighted by molar-refractivity contribution is -0.160. The topological polar surface area (TPSA) is 220 Å². The minimum atomic E-state index is -2.08. The van der Waals surface area contributed by atoms with Gasteiger partial charge in [-0.05, 0) is 50.2 Å². The molecule has 17 nitrogen and oxygen atoms in total. The monoisotopic (exact) mass is 1000 g/mol. The Bertz CT molecular complexity index is 3080. The lowest BCUT2D eigenvalue weighted by atomic mass is 9.78. The van der Waals surface area contributed by atoms with Crippen LogP contribution in [0.2, 0.25) is 0 Å². The number of amides is 1. The number of carbonyl (C=O) groups excluding carboxylic acids is 3. The van der Waals surface area contributed by atoms with Crippen LogP contribution >= 0.6 is 0 Å². The number of hydrogen-bond acceptors (Lipinski definition) is 16. The Morgan fingerprint density at radius 1 is 0.904 bits per heavy atom. The molecule has 0 aliphatic carbocycles. The normalized spacial score (nSPS) is 28.4. The molecule has 3 aliphatic heterocycles. The number of para-hydroxylation sites is 1. The van der Waals surface area contributed by atoms with E-state index in [2.05, 4.69) is 34.3 Å². The van der Waals surface area contributed by atoms with Gasteiger partial charge in [0.2, 0.25) is 0 Å². The van der Waals surface area contributed by atoms with E-state index in [4.69, 9.17) is 33.1 Å². The highest BCUT2D eigenvalue weighted by molar-refractivity contribution is 6.26. The zero-order valence-corrected chi connectivity index (χ0v) is 43.1. The van der Waals surface area contributed by atoms with Crippen LogP contribution in [0.3, 0.4) is 0 Å². The predicted octanol–water partition coefficient (Wildman–Crippen LogP) is 7.32. The molecule has 3 aliphatic rings. The number of rotatable bonds is 7. The van der Waals surface area contributed by atoms with Crippen LogP contribution in [0.4, 0.5) is 5.69 Å². The van der Waals surface area contributed by atoms with E-state index in [1.54, 1.807) is 65.0 Å². The van der Waals surface area contributed by atoms with E-state index in [0.29, 0.717) is 5.75 Å². The molecule has 1 saturated heterocycles. The molecular weight excluding hydrogens is 937 g/mol. The van der Waals surface area contributed by atoms with Gasteiger partial charge < -0.3 is 53.6 Å². The molecule has 0 saturated carbocycles. The predicted molar refractivity (Wildman–Crippen MR) is 275 cm³/mol. The second-order valence-electron chi connectivity index (χ2n) is 20.0. The highest BCUT2D eigenvalue weighted by Crippen LogP contribution is 2.49. The van der Waals surface area contributed by atoms with Crippen LogP contribution in [0.15, 0.2) is 87.8 Å². The summed E-state index contributed by atoms with van der Waals surface area (Å²) in [6.07, 6.45) is 3.59. The molecule has 17 heteroatoms. The van der Waals surface area contributed by atoms with Crippen molar-refractivity contribution >= 4 is 56.3 Å². The van der Waals surface area contributed by atoms with Crippen LogP contribution in [-0.2, 0) is 37.0 Å². The maximum absolute atomic E-state index is 15.0. The number of aliphatic hydroxyl groups excluding tert-OH is 2. The molecule has 4 N–H and O–H groups in total. The maximum atomic E-state index is 15.0. The number of fused-ring (bicyclic) bond motifs is 2. The van der Waals surface area contributed by atoms with Gasteiger partial charge in [0.25, 0.3) is 11.7 Å². The Balaban J connectivity index is 1.25. The van der Waals surface area contributed by atoms with Crippen LogP contribution in [-0.4, -0.2) is 118 Å². The third-order valence-corrected chi connectivity index (χ3v) is 14.7. The summed E-state index contributed by atoms with van der Waals surface area (Å²) in [6, 6.07) is 13.3. The molecule has 8 rings (SSSR count). The third-order valence-electron chi connectivity index (χ3n) is 14.7. The number of aromatic hydroxyl groups is 1. The third kappa shape index (κ3) is 10.5. The molecule has 5 aromatic rings. The lowest BCUT2D eigenvalue weighted by Gasteiger charge is -2.38. The first kappa shape index (κ1) is 52.7. The number of carbonyl (C=O) groups is 3. The largest absolute Gasteiger partial charge is 0.505 e.